The Morgan fingerprint density at radius 3 is 2.47 bits per heavy atom. The molecule has 0 aliphatic rings. The Morgan fingerprint density at radius 1 is 1.05 bits per heavy atom. The average molecular weight is 252 g/mol. The van der Waals surface area contributed by atoms with Crippen molar-refractivity contribution < 1.29 is 9.53 Å². The Balaban J connectivity index is 2.04. The number of aryl methyl sites for hydroxylation is 2. The number of hydrogen-bond donors (Lipinski definition) is 0. The van der Waals surface area contributed by atoms with Crippen molar-refractivity contribution in [2.75, 3.05) is 0 Å². The lowest BCUT2D eigenvalue weighted by Gasteiger charge is -2.05. The second kappa shape index (κ2) is 6.01. The van der Waals surface area contributed by atoms with E-state index in [1.807, 2.05) is 62.4 Å². The van der Waals surface area contributed by atoms with E-state index < -0.39 is 0 Å². The SMILES string of the molecule is Cc1ccc(OC(=O)/C=C/c2ccccc2)c(C)c1. The molecule has 0 atom stereocenters. The molecule has 2 aromatic rings. The van der Waals surface area contributed by atoms with Gasteiger partial charge in [0.25, 0.3) is 0 Å². The molecule has 0 N–H and O–H groups in total. The molecule has 0 unspecified atom stereocenters. The molecule has 0 aliphatic carbocycles. The fourth-order valence-corrected chi connectivity index (χ4v) is 1.78. The first-order chi connectivity index (χ1) is 9.15. The van der Waals surface area contributed by atoms with Crippen molar-refractivity contribution in [2.24, 2.45) is 0 Å². The van der Waals surface area contributed by atoms with Gasteiger partial charge in [0.1, 0.15) is 5.75 Å². The quantitative estimate of drug-likeness (QED) is 0.470. The highest BCUT2D eigenvalue weighted by Crippen LogP contribution is 2.19. The van der Waals surface area contributed by atoms with Crippen LogP contribution in [0.15, 0.2) is 54.6 Å². The standard InChI is InChI=1S/C17H16O2/c1-13-8-10-16(14(2)12-13)19-17(18)11-9-15-6-4-3-5-7-15/h3-12H,1-2H3/b11-9+. The lowest BCUT2D eigenvalue weighted by atomic mass is 10.1. The summed E-state index contributed by atoms with van der Waals surface area (Å²) in [5.74, 6) is 0.240. The first kappa shape index (κ1) is 13.1. The summed E-state index contributed by atoms with van der Waals surface area (Å²) < 4.78 is 5.30. The second-order valence-electron chi connectivity index (χ2n) is 4.43. The van der Waals surface area contributed by atoms with E-state index in [9.17, 15) is 4.79 Å². The van der Waals surface area contributed by atoms with Crippen LogP contribution in [-0.4, -0.2) is 5.97 Å². The molecule has 0 bridgehead atoms. The maximum atomic E-state index is 11.7. The number of carbonyl (C=O) groups excluding carboxylic acids is 1. The van der Waals surface area contributed by atoms with Gasteiger partial charge in [-0.1, -0.05) is 48.0 Å². The maximum absolute atomic E-state index is 11.7. The van der Waals surface area contributed by atoms with E-state index in [1.54, 1.807) is 6.08 Å². The normalized spacial score (nSPS) is 10.6. The molecule has 0 aliphatic heterocycles. The van der Waals surface area contributed by atoms with Crippen LogP contribution < -0.4 is 4.74 Å². The molecule has 0 aromatic heterocycles. The summed E-state index contributed by atoms with van der Waals surface area (Å²) in [5.41, 5.74) is 3.08. The van der Waals surface area contributed by atoms with Crippen LogP contribution in [0.25, 0.3) is 6.08 Å². The predicted octanol–water partition coefficient (Wildman–Crippen LogP) is 3.92. The Kier molecular flexibility index (Phi) is 4.14. The number of hydrogen-bond acceptors (Lipinski definition) is 2. The fourth-order valence-electron chi connectivity index (χ4n) is 1.78. The van der Waals surface area contributed by atoms with Crippen LogP contribution in [0, 0.1) is 13.8 Å². The molecular weight excluding hydrogens is 236 g/mol. The Hall–Kier alpha value is -2.35. The maximum Gasteiger partial charge on any atom is 0.336 e. The minimum atomic E-state index is -0.365. The predicted molar refractivity (Wildman–Crippen MR) is 77.0 cm³/mol. The highest BCUT2D eigenvalue weighted by atomic mass is 16.5. The first-order valence-electron chi connectivity index (χ1n) is 6.17. The molecule has 0 radical (unpaired) electrons. The minimum Gasteiger partial charge on any atom is -0.423 e. The zero-order valence-corrected chi connectivity index (χ0v) is 11.1. The lowest BCUT2D eigenvalue weighted by molar-refractivity contribution is -0.128. The molecule has 0 spiro atoms. The van der Waals surface area contributed by atoms with Gasteiger partial charge in [-0.3, -0.25) is 0 Å². The first-order valence-corrected chi connectivity index (χ1v) is 6.17. The van der Waals surface area contributed by atoms with Crippen LogP contribution in [-0.2, 0) is 4.79 Å². The summed E-state index contributed by atoms with van der Waals surface area (Å²) in [5, 5.41) is 0. The molecule has 19 heavy (non-hydrogen) atoms. The Labute approximate surface area is 113 Å². The molecule has 2 aromatic carbocycles. The van der Waals surface area contributed by atoms with Crippen LogP contribution in [0.4, 0.5) is 0 Å². The van der Waals surface area contributed by atoms with Gasteiger partial charge in [0, 0.05) is 6.08 Å². The third kappa shape index (κ3) is 3.81. The van der Waals surface area contributed by atoms with E-state index in [-0.39, 0.29) is 5.97 Å². The second-order valence-corrected chi connectivity index (χ2v) is 4.43. The zero-order valence-electron chi connectivity index (χ0n) is 11.1. The number of esters is 1. The van der Waals surface area contributed by atoms with Gasteiger partial charge in [0.15, 0.2) is 0 Å². The zero-order chi connectivity index (χ0) is 13.7. The number of carbonyl (C=O) groups is 1. The van der Waals surface area contributed by atoms with Crippen molar-refractivity contribution >= 4 is 12.0 Å². The van der Waals surface area contributed by atoms with Crippen LogP contribution in [0.3, 0.4) is 0 Å². The van der Waals surface area contributed by atoms with Crippen molar-refractivity contribution in [3.63, 3.8) is 0 Å². The van der Waals surface area contributed by atoms with Gasteiger partial charge in [0.2, 0.25) is 0 Å². The minimum absolute atomic E-state index is 0.365. The van der Waals surface area contributed by atoms with Crippen LogP contribution >= 0.6 is 0 Å². The summed E-state index contributed by atoms with van der Waals surface area (Å²) in [4.78, 5) is 11.7. The monoisotopic (exact) mass is 252 g/mol. The molecule has 0 saturated heterocycles. The van der Waals surface area contributed by atoms with Crippen molar-refractivity contribution in [3.05, 3.63) is 71.3 Å². The van der Waals surface area contributed by atoms with Crippen LogP contribution in [0.2, 0.25) is 0 Å². The van der Waals surface area contributed by atoms with Gasteiger partial charge < -0.3 is 4.74 Å². The topological polar surface area (TPSA) is 26.3 Å². The van der Waals surface area contributed by atoms with Gasteiger partial charge in [-0.05, 0) is 37.1 Å². The van der Waals surface area contributed by atoms with Crippen molar-refractivity contribution in [1.29, 1.82) is 0 Å². The molecule has 2 heteroatoms. The number of benzene rings is 2. The fraction of sp³-hybridized carbons (Fsp3) is 0.118. The van der Waals surface area contributed by atoms with Gasteiger partial charge >= 0.3 is 5.97 Å². The third-order valence-electron chi connectivity index (χ3n) is 2.75. The average Bonchev–Trinajstić information content (AvgIpc) is 2.41. The van der Waals surface area contributed by atoms with E-state index in [2.05, 4.69) is 0 Å². The van der Waals surface area contributed by atoms with Gasteiger partial charge in [-0.25, -0.2) is 4.79 Å². The largest absolute Gasteiger partial charge is 0.423 e. The molecule has 2 rings (SSSR count). The molecule has 96 valence electrons. The van der Waals surface area contributed by atoms with Gasteiger partial charge in [-0.2, -0.15) is 0 Å². The van der Waals surface area contributed by atoms with E-state index in [4.69, 9.17) is 4.74 Å². The van der Waals surface area contributed by atoms with Gasteiger partial charge in [0.05, 0.1) is 0 Å². The van der Waals surface area contributed by atoms with Crippen LogP contribution in [0.5, 0.6) is 5.75 Å². The summed E-state index contributed by atoms with van der Waals surface area (Å²) in [7, 11) is 0. The Bertz CT molecular complexity index is 598. The number of ether oxygens (including phenoxy) is 1. The molecular formula is C17H16O2. The highest BCUT2D eigenvalue weighted by molar-refractivity contribution is 5.88. The Morgan fingerprint density at radius 2 is 1.79 bits per heavy atom. The highest BCUT2D eigenvalue weighted by Gasteiger charge is 2.03. The van der Waals surface area contributed by atoms with Crippen molar-refractivity contribution in [2.45, 2.75) is 13.8 Å². The molecule has 0 saturated carbocycles. The summed E-state index contributed by atoms with van der Waals surface area (Å²) in [6, 6.07) is 15.4. The molecule has 0 amide bonds. The lowest BCUT2D eigenvalue weighted by Crippen LogP contribution is -2.04. The van der Waals surface area contributed by atoms with Crippen molar-refractivity contribution in [1.82, 2.24) is 0 Å². The van der Waals surface area contributed by atoms with Gasteiger partial charge in [-0.15, -0.1) is 0 Å². The molecule has 2 nitrogen and oxygen atoms in total. The van der Waals surface area contributed by atoms with E-state index in [0.717, 1.165) is 16.7 Å². The van der Waals surface area contributed by atoms with E-state index >= 15 is 0 Å². The summed E-state index contributed by atoms with van der Waals surface area (Å²) >= 11 is 0. The van der Waals surface area contributed by atoms with E-state index in [1.165, 1.54) is 6.08 Å². The van der Waals surface area contributed by atoms with Crippen LogP contribution in [0.1, 0.15) is 16.7 Å². The smallest absolute Gasteiger partial charge is 0.336 e. The summed E-state index contributed by atoms with van der Waals surface area (Å²) in [6.07, 6.45) is 3.18. The molecule has 0 fully saturated rings. The van der Waals surface area contributed by atoms with E-state index in [0.29, 0.717) is 5.75 Å². The summed E-state index contributed by atoms with van der Waals surface area (Å²) in [6.45, 7) is 3.93. The molecule has 0 heterocycles. The third-order valence-corrected chi connectivity index (χ3v) is 2.75. The number of rotatable bonds is 3. The van der Waals surface area contributed by atoms with Crippen molar-refractivity contribution in [3.8, 4) is 5.75 Å².